The largest absolute Gasteiger partial charge is 0.416 e. The number of rotatable bonds is 4. The Kier molecular flexibility index (Phi) is 4.91. The summed E-state index contributed by atoms with van der Waals surface area (Å²) in [5.41, 5.74) is -0.347. The Labute approximate surface area is 110 Å². The molecule has 5 heteroatoms. The van der Waals surface area contributed by atoms with Crippen LogP contribution < -0.4 is 5.32 Å². The molecule has 0 aliphatic heterocycles. The van der Waals surface area contributed by atoms with E-state index >= 15 is 0 Å². The fraction of sp³-hybridized carbons (Fsp3) is 0.538. The van der Waals surface area contributed by atoms with Gasteiger partial charge in [0.2, 0.25) is 0 Å². The number of hydrogen-bond acceptors (Lipinski definition) is 1. The van der Waals surface area contributed by atoms with E-state index in [1.807, 2.05) is 20.8 Å². The number of hydrogen-bond donors (Lipinski definition) is 1. The minimum Gasteiger partial charge on any atom is -0.381 e. The van der Waals surface area contributed by atoms with E-state index in [0.29, 0.717) is 16.6 Å². The standard InChI is InChI=1S/C13H17ClF3N/c1-4-11(8(2)3)18-12-7-9(13(15,16)17)5-6-10(12)14/h5-8,11,18H,4H2,1-3H3. The molecule has 0 heterocycles. The van der Waals surface area contributed by atoms with E-state index in [1.54, 1.807) is 0 Å². The lowest BCUT2D eigenvalue weighted by atomic mass is 10.0. The molecule has 0 radical (unpaired) electrons. The zero-order valence-electron chi connectivity index (χ0n) is 10.6. The van der Waals surface area contributed by atoms with E-state index in [2.05, 4.69) is 5.32 Å². The van der Waals surface area contributed by atoms with Gasteiger partial charge in [0.1, 0.15) is 0 Å². The summed E-state index contributed by atoms with van der Waals surface area (Å²) < 4.78 is 37.8. The van der Waals surface area contributed by atoms with Crippen LogP contribution in [0.3, 0.4) is 0 Å². The number of benzene rings is 1. The van der Waals surface area contributed by atoms with Crippen LogP contribution in [-0.2, 0) is 6.18 Å². The second kappa shape index (κ2) is 5.83. The molecule has 0 aliphatic carbocycles. The molecule has 1 atom stereocenters. The SMILES string of the molecule is CCC(Nc1cc(C(F)(F)F)ccc1Cl)C(C)C. The van der Waals surface area contributed by atoms with Crippen LogP contribution in [0.15, 0.2) is 18.2 Å². The molecule has 18 heavy (non-hydrogen) atoms. The van der Waals surface area contributed by atoms with Gasteiger partial charge in [-0.2, -0.15) is 13.2 Å². The number of alkyl halides is 3. The Hall–Kier alpha value is -0.900. The summed E-state index contributed by atoms with van der Waals surface area (Å²) in [7, 11) is 0. The van der Waals surface area contributed by atoms with E-state index in [4.69, 9.17) is 11.6 Å². The van der Waals surface area contributed by atoms with Gasteiger partial charge in [-0.15, -0.1) is 0 Å². The first-order valence-corrected chi connectivity index (χ1v) is 6.26. The Bertz CT molecular complexity index is 402. The molecule has 1 N–H and O–H groups in total. The van der Waals surface area contributed by atoms with Crippen molar-refractivity contribution in [3.8, 4) is 0 Å². The Balaban J connectivity index is 3.01. The van der Waals surface area contributed by atoms with E-state index in [1.165, 1.54) is 6.07 Å². The molecule has 0 fully saturated rings. The summed E-state index contributed by atoms with van der Waals surface area (Å²) in [5, 5.41) is 3.38. The normalized spacial score (nSPS) is 13.8. The maximum atomic E-state index is 12.6. The fourth-order valence-corrected chi connectivity index (χ4v) is 1.92. The van der Waals surface area contributed by atoms with Crippen molar-refractivity contribution >= 4 is 17.3 Å². The van der Waals surface area contributed by atoms with Gasteiger partial charge in [0.15, 0.2) is 0 Å². The van der Waals surface area contributed by atoms with Gasteiger partial charge in [-0.1, -0.05) is 32.4 Å². The van der Waals surface area contributed by atoms with Crippen LogP contribution in [0.1, 0.15) is 32.8 Å². The second-order valence-corrected chi connectivity index (χ2v) is 5.00. The van der Waals surface area contributed by atoms with Crippen molar-refractivity contribution in [3.05, 3.63) is 28.8 Å². The molecular formula is C13H17ClF3N. The molecule has 1 aromatic carbocycles. The maximum Gasteiger partial charge on any atom is 0.416 e. The average molecular weight is 280 g/mol. The molecular weight excluding hydrogens is 263 g/mol. The second-order valence-electron chi connectivity index (χ2n) is 4.60. The third kappa shape index (κ3) is 3.80. The van der Waals surface area contributed by atoms with Crippen LogP contribution in [-0.4, -0.2) is 6.04 Å². The minimum atomic E-state index is -4.35. The van der Waals surface area contributed by atoms with Crippen molar-refractivity contribution in [2.75, 3.05) is 5.32 Å². The van der Waals surface area contributed by atoms with Gasteiger partial charge in [0.25, 0.3) is 0 Å². The summed E-state index contributed by atoms with van der Waals surface area (Å²) in [4.78, 5) is 0. The summed E-state index contributed by atoms with van der Waals surface area (Å²) in [5.74, 6) is 0.320. The summed E-state index contributed by atoms with van der Waals surface area (Å²) in [6.07, 6.45) is -3.52. The van der Waals surface area contributed by atoms with Gasteiger partial charge < -0.3 is 5.32 Å². The summed E-state index contributed by atoms with van der Waals surface area (Å²) in [6.45, 7) is 6.02. The zero-order valence-corrected chi connectivity index (χ0v) is 11.4. The molecule has 1 nitrogen and oxygen atoms in total. The quantitative estimate of drug-likeness (QED) is 0.798. The highest BCUT2D eigenvalue weighted by molar-refractivity contribution is 6.33. The minimum absolute atomic E-state index is 0.103. The van der Waals surface area contributed by atoms with Crippen LogP contribution in [0.2, 0.25) is 5.02 Å². The van der Waals surface area contributed by atoms with Crippen molar-refractivity contribution in [3.63, 3.8) is 0 Å². The van der Waals surface area contributed by atoms with E-state index in [9.17, 15) is 13.2 Å². The van der Waals surface area contributed by atoms with E-state index in [0.717, 1.165) is 18.6 Å². The first-order chi connectivity index (χ1) is 8.25. The van der Waals surface area contributed by atoms with Gasteiger partial charge in [0, 0.05) is 6.04 Å². The van der Waals surface area contributed by atoms with Gasteiger partial charge in [-0.25, -0.2) is 0 Å². The molecule has 102 valence electrons. The van der Waals surface area contributed by atoms with Gasteiger partial charge in [-0.3, -0.25) is 0 Å². The third-order valence-electron chi connectivity index (χ3n) is 2.88. The van der Waals surface area contributed by atoms with Crippen LogP contribution >= 0.6 is 11.6 Å². The van der Waals surface area contributed by atoms with Crippen LogP contribution in [0.25, 0.3) is 0 Å². The smallest absolute Gasteiger partial charge is 0.381 e. The molecule has 0 spiro atoms. The third-order valence-corrected chi connectivity index (χ3v) is 3.21. The number of anilines is 1. The van der Waals surface area contributed by atoms with Crippen LogP contribution in [0.5, 0.6) is 0 Å². The predicted molar refractivity (Wildman–Crippen MR) is 69.0 cm³/mol. The molecule has 0 bridgehead atoms. The van der Waals surface area contributed by atoms with Crippen molar-refractivity contribution in [2.45, 2.75) is 39.4 Å². The maximum absolute atomic E-state index is 12.6. The summed E-state index contributed by atoms with van der Waals surface area (Å²) in [6, 6.07) is 3.43. The van der Waals surface area contributed by atoms with Crippen molar-refractivity contribution in [1.82, 2.24) is 0 Å². The molecule has 0 saturated heterocycles. The molecule has 1 unspecified atom stereocenters. The Morgan fingerprint density at radius 2 is 1.89 bits per heavy atom. The number of halogens is 4. The first kappa shape index (κ1) is 15.2. The Morgan fingerprint density at radius 1 is 1.28 bits per heavy atom. The lowest BCUT2D eigenvalue weighted by molar-refractivity contribution is -0.137. The van der Waals surface area contributed by atoms with Gasteiger partial charge in [-0.05, 0) is 30.5 Å². The van der Waals surface area contributed by atoms with Crippen molar-refractivity contribution in [1.29, 1.82) is 0 Å². The van der Waals surface area contributed by atoms with Gasteiger partial charge in [0.05, 0.1) is 16.3 Å². The van der Waals surface area contributed by atoms with Crippen LogP contribution in [0.4, 0.5) is 18.9 Å². The van der Waals surface area contributed by atoms with Crippen molar-refractivity contribution < 1.29 is 13.2 Å². The highest BCUT2D eigenvalue weighted by Crippen LogP contribution is 2.34. The molecule has 0 amide bonds. The highest BCUT2D eigenvalue weighted by Gasteiger charge is 2.31. The summed E-state index contributed by atoms with van der Waals surface area (Å²) >= 11 is 5.92. The molecule has 1 rings (SSSR count). The van der Waals surface area contributed by atoms with E-state index in [-0.39, 0.29) is 6.04 Å². The number of nitrogens with one attached hydrogen (secondary N) is 1. The monoisotopic (exact) mass is 279 g/mol. The van der Waals surface area contributed by atoms with Crippen LogP contribution in [0, 0.1) is 5.92 Å². The molecule has 0 saturated carbocycles. The average Bonchev–Trinajstić information content (AvgIpc) is 2.25. The lowest BCUT2D eigenvalue weighted by Gasteiger charge is -2.23. The molecule has 0 aliphatic rings. The zero-order chi connectivity index (χ0) is 13.9. The Morgan fingerprint density at radius 3 is 2.33 bits per heavy atom. The molecule has 0 aromatic heterocycles. The predicted octanol–water partition coefficient (Wildman–Crippen LogP) is 5.21. The lowest BCUT2D eigenvalue weighted by Crippen LogP contribution is -2.25. The van der Waals surface area contributed by atoms with Gasteiger partial charge >= 0.3 is 6.18 Å². The van der Waals surface area contributed by atoms with Crippen molar-refractivity contribution in [2.24, 2.45) is 5.92 Å². The highest BCUT2D eigenvalue weighted by atomic mass is 35.5. The van der Waals surface area contributed by atoms with E-state index < -0.39 is 11.7 Å². The molecule has 1 aromatic rings. The fourth-order valence-electron chi connectivity index (χ4n) is 1.75. The topological polar surface area (TPSA) is 12.0 Å². The first-order valence-electron chi connectivity index (χ1n) is 5.89.